The van der Waals surface area contributed by atoms with Crippen LogP contribution in [0.15, 0.2) is 12.2 Å². The molecule has 0 aromatic heterocycles. The Balaban J connectivity index is 3.90. The first kappa shape index (κ1) is 9.36. The molecule has 56 valence electrons. The van der Waals surface area contributed by atoms with Crippen molar-refractivity contribution in [1.82, 2.24) is 0 Å². The van der Waals surface area contributed by atoms with Crippen LogP contribution in [0.25, 0.3) is 0 Å². The van der Waals surface area contributed by atoms with Crippen molar-refractivity contribution in [3.63, 3.8) is 0 Å². The van der Waals surface area contributed by atoms with Crippen LogP contribution in [0.1, 0.15) is 6.92 Å². The molecule has 0 radical (unpaired) electrons. The lowest BCUT2D eigenvalue weighted by Crippen LogP contribution is -2.05. The number of allylic oxidation sites excluding steroid dienone is 1. The van der Waals surface area contributed by atoms with Crippen LogP contribution in [0.3, 0.4) is 0 Å². The van der Waals surface area contributed by atoms with E-state index >= 15 is 0 Å². The average Bonchev–Trinajstić information content (AvgIpc) is 1.82. The van der Waals surface area contributed by atoms with Gasteiger partial charge in [0.05, 0.1) is 4.83 Å². The van der Waals surface area contributed by atoms with Gasteiger partial charge in [0, 0.05) is 6.08 Å². The molecule has 0 heterocycles. The van der Waals surface area contributed by atoms with Crippen molar-refractivity contribution in [2.24, 2.45) is 0 Å². The van der Waals surface area contributed by atoms with Gasteiger partial charge in [-0.05, 0) is 13.0 Å². The number of hydrogen-bond acceptors (Lipinski definition) is 2. The molecule has 0 fully saturated rings. The summed E-state index contributed by atoms with van der Waals surface area (Å²) in [6.07, 6.45) is 1.85. The fourth-order valence-corrected chi connectivity index (χ4v) is 0.439. The SMILES string of the molecule is CC(Br)C(=O)/C=C/C(=O)O. The van der Waals surface area contributed by atoms with E-state index in [2.05, 4.69) is 15.9 Å². The van der Waals surface area contributed by atoms with Crippen LogP contribution >= 0.6 is 15.9 Å². The summed E-state index contributed by atoms with van der Waals surface area (Å²) >= 11 is 3.00. The monoisotopic (exact) mass is 206 g/mol. The van der Waals surface area contributed by atoms with Gasteiger partial charge < -0.3 is 5.11 Å². The molecule has 0 aromatic carbocycles. The minimum atomic E-state index is -1.11. The van der Waals surface area contributed by atoms with E-state index < -0.39 is 5.97 Å². The molecule has 0 bridgehead atoms. The number of carbonyl (C=O) groups excluding carboxylic acids is 1. The van der Waals surface area contributed by atoms with Crippen molar-refractivity contribution >= 4 is 27.7 Å². The van der Waals surface area contributed by atoms with Crippen molar-refractivity contribution in [2.45, 2.75) is 11.8 Å². The topological polar surface area (TPSA) is 54.4 Å². The van der Waals surface area contributed by atoms with E-state index in [0.29, 0.717) is 0 Å². The van der Waals surface area contributed by atoms with Crippen molar-refractivity contribution in [3.8, 4) is 0 Å². The summed E-state index contributed by atoms with van der Waals surface area (Å²) in [5.74, 6) is -1.36. The van der Waals surface area contributed by atoms with Gasteiger partial charge in [0.25, 0.3) is 0 Å². The number of halogens is 1. The van der Waals surface area contributed by atoms with Gasteiger partial charge >= 0.3 is 5.97 Å². The lowest BCUT2D eigenvalue weighted by atomic mass is 10.3. The Morgan fingerprint density at radius 1 is 1.50 bits per heavy atom. The first-order valence-electron chi connectivity index (χ1n) is 2.63. The third-order valence-corrected chi connectivity index (χ3v) is 1.23. The predicted molar refractivity (Wildman–Crippen MR) is 40.2 cm³/mol. The highest BCUT2D eigenvalue weighted by atomic mass is 79.9. The third kappa shape index (κ3) is 4.26. The minimum Gasteiger partial charge on any atom is -0.478 e. The molecular weight excluding hydrogens is 200 g/mol. The fourth-order valence-electron chi connectivity index (χ4n) is 0.286. The number of hydrogen-bond donors (Lipinski definition) is 1. The largest absolute Gasteiger partial charge is 0.478 e. The van der Waals surface area contributed by atoms with E-state index in [1.165, 1.54) is 0 Å². The number of carbonyl (C=O) groups is 2. The van der Waals surface area contributed by atoms with E-state index in [9.17, 15) is 9.59 Å². The van der Waals surface area contributed by atoms with Crippen LogP contribution in [-0.2, 0) is 9.59 Å². The normalized spacial score (nSPS) is 13.4. The summed E-state index contributed by atoms with van der Waals surface area (Å²) in [5, 5.41) is 8.09. The highest BCUT2D eigenvalue weighted by Crippen LogP contribution is 1.98. The second kappa shape index (κ2) is 4.22. The van der Waals surface area contributed by atoms with Crippen LogP contribution in [0.2, 0.25) is 0 Å². The number of alkyl halides is 1. The standard InChI is InChI=1S/C6H7BrO3/c1-4(7)5(8)2-3-6(9)10/h2-4H,1H3,(H,9,10)/b3-2+. The zero-order valence-corrected chi connectivity index (χ0v) is 6.96. The summed E-state index contributed by atoms with van der Waals surface area (Å²) in [5.41, 5.74) is 0. The number of rotatable bonds is 3. The Kier molecular flexibility index (Phi) is 3.95. The summed E-state index contributed by atoms with van der Waals surface area (Å²) < 4.78 is 0. The molecule has 0 rings (SSSR count). The molecule has 0 aliphatic heterocycles. The Labute approximate surface area is 66.9 Å². The molecule has 3 nitrogen and oxygen atoms in total. The maximum absolute atomic E-state index is 10.7. The van der Waals surface area contributed by atoms with Gasteiger partial charge in [-0.3, -0.25) is 4.79 Å². The maximum Gasteiger partial charge on any atom is 0.328 e. The second-order valence-corrected chi connectivity index (χ2v) is 3.06. The molecule has 0 aromatic rings. The summed E-state index contributed by atoms with van der Waals surface area (Å²) in [6, 6.07) is 0. The fraction of sp³-hybridized carbons (Fsp3) is 0.333. The molecule has 1 N–H and O–H groups in total. The number of carboxylic acid groups (broad SMARTS) is 1. The Morgan fingerprint density at radius 2 is 2.00 bits per heavy atom. The Morgan fingerprint density at radius 3 is 2.30 bits per heavy atom. The van der Waals surface area contributed by atoms with Gasteiger partial charge in [-0.1, -0.05) is 15.9 Å². The van der Waals surface area contributed by atoms with Crippen LogP contribution in [0.4, 0.5) is 0 Å². The summed E-state index contributed by atoms with van der Waals surface area (Å²) in [4.78, 5) is 20.2. The molecule has 0 saturated carbocycles. The lowest BCUT2D eigenvalue weighted by molar-refractivity contribution is -0.131. The quantitative estimate of drug-likeness (QED) is 0.554. The van der Waals surface area contributed by atoms with Crippen molar-refractivity contribution in [2.75, 3.05) is 0 Å². The zero-order chi connectivity index (χ0) is 8.15. The van der Waals surface area contributed by atoms with Crippen molar-refractivity contribution in [3.05, 3.63) is 12.2 Å². The zero-order valence-electron chi connectivity index (χ0n) is 5.37. The maximum atomic E-state index is 10.7. The van der Waals surface area contributed by atoms with Crippen molar-refractivity contribution < 1.29 is 14.7 Å². The van der Waals surface area contributed by atoms with Gasteiger partial charge in [-0.15, -0.1) is 0 Å². The Bertz CT molecular complexity index is 172. The first-order valence-corrected chi connectivity index (χ1v) is 3.54. The summed E-state index contributed by atoms with van der Waals surface area (Å²) in [7, 11) is 0. The van der Waals surface area contributed by atoms with E-state index in [1.807, 2.05) is 0 Å². The average molecular weight is 207 g/mol. The van der Waals surface area contributed by atoms with E-state index in [4.69, 9.17) is 5.11 Å². The van der Waals surface area contributed by atoms with Gasteiger partial charge in [0.2, 0.25) is 0 Å². The van der Waals surface area contributed by atoms with Gasteiger partial charge in [0.15, 0.2) is 5.78 Å². The van der Waals surface area contributed by atoms with Crippen LogP contribution < -0.4 is 0 Å². The molecule has 4 heteroatoms. The smallest absolute Gasteiger partial charge is 0.328 e. The van der Waals surface area contributed by atoms with Crippen LogP contribution in [0, 0.1) is 0 Å². The van der Waals surface area contributed by atoms with E-state index in [1.54, 1.807) is 6.92 Å². The second-order valence-electron chi connectivity index (χ2n) is 1.69. The number of ketones is 1. The van der Waals surface area contributed by atoms with Crippen molar-refractivity contribution in [1.29, 1.82) is 0 Å². The number of carboxylic acids is 1. The van der Waals surface area contributed by atoms with Crippen LogP contribution in [0.5, 0.6) is 0 Å². The minimum absolute atomic E-state index is 0.248. The molecule has 1 unspecified atom stereocenters. The van der Waals surface area contributed by atoms with Gasteiger partial charge in [0.1, 0.15) is 0 Å². The highest BCUT2D eigenvalue weighted by Gasteiger charge is 2.03. The third-order valence-electron chi connectivity index (χ3n) is 0.782. The first-order chi connectivity index (χ1) is 4.54. The molecule has 0 aliphatic rings. The molecule has 10 heavy (non-hydrogen) atoms. The molecule has 0 amide bonds. The van der Waals surface area contributed by atoms with Gasteiger partial charge in [-0.2, -0.15) is 0 Å². The van der Waals surface area contributed by atoms with E-state index in [0.717, 1.165) is 12.2 Å². The van der Waals surface area contributed by atoms with E-state index in [-0.39, 0.29) is 10.6 Å². The molecule has 0 spiro atoms. The molecule has 1 atom stereocenters. The number of aliphatic carboxylic acids is 1. The van der Waals surface area contributed by atoms with Crippen LogP contribution in [-0.4, -0.2) is 21.7 Å². The Hall–Kier alpha value is -0.640. The predicted octanol–water partition coefficient (Wildman–Crippen LogP) is 0.980. The highest BCUT2D eigenvalue weighted by molar-refractivity contribution is 9.10. The molecule has 0 aliphatic carbocycles. The summed E-state index contributed by atoms with van der Waals surface area (Å²) in [6.45, 7) is 1.63. The lowest BCUT2D eigenvalue weighted by Gasteiger charge is -1.92. The molecule has 0 saturated heterocycles. The van der Waals surface area contributed by atoms with Gasteiger partial charge in [-0.25, -0.2) is 4.79 Å². The molecular formula is C6H7BrO3.